The summed E-state index contributed by atoms with van der Waals surface area (Å²) >= 11 is 6.50. The van der Waals surface area contributed by atoms with Crippen LogP contribution in [-0.2, 0) is 6.42 Å². The molecule has 4 rings (SSSR count). The van der Waals surface area contributed by atoms with Crippen LogP contribution in [-0.4, -0.2) is 45.2 Å². The molecule has 0 spiro atoms. The Kier molecular flexibility index (Phi) is 6.71. The van der Waals surface area contributed by atoms with E-state index >= 15 is 0 Å². The summed E-state index contributed by atoms with van der Waals surface area (Å²) in [5.41, 5.74) is 1.48. The fourth-order valence-corrected chi connectivity index (χ4v) is 7.22. The van der Waals surface area contributed by atoms with Crippen molar-refractivity contribution in [2.75, 3.05) is 31.9 Å². The Bertz CT molecular complexity index is 1210. The molecule has 3 aromatic rings. The van der Waals surface area contributed by atoms with E-state index in [2.05, 4.69) is 33.7 Å². The van der Waals surface area contributed by atoms with E-state index in [1.807, 2.05) is 12.1 Å². The van der Waals surface area contributed by atoms with Crippen LogP contribution in [0.3, 0.4) is 0 Å². The molecule has 1 amide bonds. The Morgan fingerprint density at radius 3 is 2.50 bits per heavy atom. The standard InChI is InChI=1S/C23H27ClN4O5Si/c1-25-23-27-21(30-2)19(22(28-23)31-3)26-20(29)15-8-9-18(32-15)33-16-12-17-13(11-14(16)24)7-6-10-34(17,4)5/h8-9,11-12H,6-7,10H2,1-5H3,(H,26,29)(H,25,27,28). The van der Waals surface area contributed by atoms with E-state index in [0.717, 1.165) is 6.42 Å². The maximum atomic E-state index is 12.9. The van der Waals surface area contributed by atoms with Crippen LogP contribution in [0.4, 0.5) is 11.6 Å². The summed E-state index contributed by atoms with van der Waals surface area (Å²) in [5, 5.41) is 7.35. The molecule has 1 aromatic carbocycles. The fourth-order valence-electron chi connectivity index (χ4n) is 4.08. The van der Waals surface area contributed by atoms with Gasteiger partial charge in [0.25, 0.3) is 11.9 Å². The Morgan fingerprint density at radius 1 is 1.15 bits per heavy atom. The topological polar surface area (TPSA) is 108 Å². The number of aryl methyl sites for hydroxylation is 1. The minimum absolute atomic E-state index is 0.0283. The van der Waals surface area contributed by atoms with Crippen molar-refractivity contribution >= 4 is 42.4 Å². The quantitative estimate of drug-likeness (QED) is 0.448. The molecular weight excluding hydrogens is 476 g/mol. The van der Waals surface area contributed by atoms with Crippen molar-refractivity contribution in [3.05, 3.63) is 40.6 Å². The predicted molar refractivity (Wildman–Crippen MR) is 133 cm³/mol. The largest absolute Gasteiger partial charge is 0.479 e. The Balaban J connectivity index is 1.56. The highest BCUT2D eigenvalue weighted by molar-refractivity contribution is 6.90. The second kappa shape index (κ2) is 9.55. The van der Waals surface area contributed by atoms with Crippen molar-refractivity contribution in [1.82, 2.24) is 9.97 Å². The van der Waals surface area contributed by atoms with Gasteiger partial charge >= 0.3 is 0 Å². The van der Waals surface area contributed by atoms with E-state index in [0.29, 0.717) is 10.8 Å². The fraction of sp³-hybridized carbons (Fsp3) is 0.348. The Labute approximate surface area is 203 Å². The monoisotopic (exact) mass is 502 g/mol. The lowest BCUT2D eigenvalue weighted by Crippen LogP contribution is -2.46. The second-order valence-electron chi connectivity index (χ2n) is 8.54. The van der Waals surface area contributed by atoms with E-state index in [9.17, 15) is 4.79 Å². The molecule has 0 radical (unpaired) electrons. The molecule has 9 nitrogen and oxygen atoms in total. The number of benzene rings is 1. The first-order valence-electron chi connectivity index (χ1n) is 10.9. The van der Waals surface area contributed by atoms with Gasteiger partial charge in [-0.3, -0.25) is 4.79 Å². The first-order valence-corrected chi connectivity index (χ1v) is 14.4. The van der Waals surface area contributed by atoms with E-state index < -0.39 is 14.0 Å². The number of ether oxygens (including phenoxy) is 3. The first-order chi connectivity index (χ1) is 16.2. The third-order valence-corrected chi connectivity index (χ3v) is 9.66. The van der Waals surface area contributed by atoms with Crippen molar-refractivity contribution in [2.45, 2.75) is 32.0 Å². The average Bonchev–Trinajstić information content (AvgIpc) is 3.28. The van der Waals surface area contributed by atoms with Gasteiger partial charge < -0.3 is 29.3 Å². The number of carbonyl (C=O) groups is 1. The summed E-state index contributed by atoms with van der Waals surface area (Å²) < 4.78 is 22.1. The number of hydrogen-bond acceptors (Lipinski definition) is 8. The number of furan rings is 1. The van der Waals surface area contributed by atoms with Crippen LogP contribution in [0.25, 0.3) is 0 Å². The molecule has 3 heterocycles. The van der Waals surface area contributed by atoms with Crippen LogP contribution in [0.2, 0.25) is 24.2 Å². The summed E-state index contributed by atoms with van der Waals surface area (Å²) in [6.45, 7) is 4.71. The van der Waals surface area contributed by atoms with Gasteiger partial charge in [0, 0.05) is 13.1 Å². The van der Waals surface area contributed by atoms with Gasteiger partial charge in [-0.05, 0) is 30.2 Å². The maximum Gasteiger partial charge on any atom is 0.291 e. The van der Waals surface area contributed by atoms with Gasteiger partial charge in [-0.1, -0.05) is 42.3 Å². The molecule has 2 N–H and O–H groups in total. The van der Waals surface area contributed by atoms with Gasteiger partial charge in [0.2, 0.25) is 17.7 Å². The van der Waals surface area contributed by atoms with Crippen molar-refractivity contribution in [2.24, 2.45) is 0 Å². The molecule has 11 heteroatoms. The van der Waals surface area contributed by atoms with Crippen molar-refractivity contribution < 1.29 is 23.4 Å². The lowest BCUT2D eigenvalue weighted by Gasteiger charge is -2.31. The lowest BCUT2D eigenvalue weighted by atomic mass is 10.1. The Hall–Kier alpha value is -3.24. The van der Waals surface area contributed by atoms with Gasteiger partial charge in [-0.25, -0.2) is 0 Å². The van der Waals surface area contributed by atoms with Crippen LogP contribution >= 0.6 is 11.6 Å². The lowest BCUT2D eigenvalue weighted by molar-refractivity contribution is 0.0990. The summed E-state index contributed by atoms with van der Waals surface area (Å²) in [6.07, 6.45) is 2.22. The smallest absolute Gasteiger partial charge is 0.291 e. The normalized spacial score (nSPS) is 14.2. The van der Waals surface area contributed by atoms with Crippen molar-refractivity contribution in [1.29, 1.82) is 0 Å². The number of aromatic nitrogens is 2. The molecule has 1 aliphatic heterocycles. The molecule has 0 atom stereocenters. The number of amides is 1. The van der Waals surface area contributed by atoms with Crippen molar-refractivity contribution in [3.63, 3.8) is 0 Å². The number of anilines is 2. The third kappa shape index (κ3) is 4.69. The van der Waals surface area contributed by atoms with Gasteiger partial charge in [0.05, 0.1) is 27.3 Å². The molecule has 0 aliphatic carbocycles. The van der Waals surface area contributed by atoms with Crippen molar-refractivity contribution in [3.8, 4) is 23.5 Å². The number of halogens is 1. The number of nitrogens with one attached hydrogen (secondary N) is 2. The number of hydrogen-bond donors (Lipinski definition) is 2. The second-order valence-corrected chi connectivity index (χ2v) is 13.8. The molecule has 0 fully saturated rings. The third-order valence-electron chi connectivity index (χ3n) is 5.84. The summed E-state index contributed by atoms with van der Waals surface area (Å²) in [4.78, 5) is 21.2. The molecule has 180 valence electrons. The van der Waals surface area contributed by atoms with Crippen LogP contribution in [0.15, 0.2) is 28.7 Å². The molecule has 0 bridgehead atoms. The van der Waals surface area contributed by atoms with E-state index in [1.165, 1.54) is 43.5 Å². The van der Waals surface area contributed by atoms with Crippen LogP contribution in [0.5, 0.6) is 23.5 Å². The maximum absolute atomic E-state index is 12.9. The van der Waals surface area contributed by atoms with Gasteiger partial charge in [0.15, 0.2) is 11.4 Å². The molecular formula is C23H27ClN4O5Si. The van der Waals surface area contributed by atoms with E-state index in [1.54, 1.807) is 13.1 Å². The zero-order chi connectivity index (χ0) is 24.5. The minimum Gasteiger partial charge on any atom is -0.479 e. The Morgan fingerprint density at radius 2 is 1.85 bits per heavy atom. The zero-order valence-corrected chi connectivity index (χ0v) is 21.5. The zero-order valence-electron chi connectivity index (χ0n) is 19.7. The highest BCUT2D eigenvalue weighted by atomic mass is 35.5. The average molecular weight is 503 g/mol. The highest BCUT2D eigenvalue weighted by Gasteiger charge is 2.31. The summed E-state index contributed by atoms with van der Waals surface area (Å²) in [7, 11) is 2.99. The number of fused-ring (bicyclic) bond motifs is 1. The van der Waals surface area contributed by atoms with Gasteiger partial charge in [-0.15, -0.1) is 0 Å². The molecule has 0 saturated carbocycles. The van der Waals surface area contributed by atoms with Crippen LogP contribution < -0.4 is 30.0 Å². The van der Waals surface area contributed by atoms with E-state index in [4.69, 9.17) is 30.2 Å². The SMILES string of the molecule is CNc1nc(OC)c(NC(=O)c2ccc(Oc3cc4c(cc3Cl)CCC[Si]4(C)C)o2)c(OC)n1. The van der Waals surface area contributed by atoms with E-state index in [-0.39, 0.29) is 35.1 Å². The summed E-state index contributed by atoms with van der Waals surface area (Å²) in [5.74, 6) is 0.721. The molecule has 2 aromatic heterocycles. The predicted octanol–water partition coefficient (Wildman–Crippen LogP) is 4.69. The molecule has 34 heavy (non-hydrogen) atoms. The number of nitrogens with zero attached hydrogens (tertiary/aromatic N) is 2. The van der Waals surface area contributed by atoms with Gasteiger partial charge in [-0.2, -0.15) is 9.97 Å². The van der Waals surface area contributed by atoms with Crippen LogP contribution in [0.1, 0.15) is 22.5 Å². The molecule has 1 aliphatic rings. The minimum atomic E-state index is -1.54. The number of rotatable bonds is 7. The van der Waals surface area contributed by atoms with Gasteiger partial charge in [0.1, 0.15) is 5.75 Å². The van der Waals surface area contributed by atoms with Crippen LogP contribution in [0, 0.1) is 0 Å². The number of methoxy groups -OCH3 is 2. The highest BCUT2D eigenvalue weighted by Crippen LogP contribution is 2.35. The molecule has 0 unspecified atom stereocenters. The first kappa shape index (κ1) is 23.9. The summed E-state index contributed by atoms with van der Waals surface area (Å²) in [6, 6.07) is 8.34. The molecule has 0 saturated heterocycles. The number of carbonyl (C=O) groups excluding carboxylic acids is 1.